The highest BCUT2D eigenvalue weighted by atomic mass is 19.4. The number of alkyl halides is 3. The predicted octanol–water partition coefficient (Wildman–Crippen LogP) is 4.77. The van der Waals surface area contributed by atoms with Crippen molar-refractivity contribution in [2.45, 2.75) is 40.4 Å². The monoisotopic (exact) mass is 440 g/mol. The van der Waals surface area contributed by atoms with E-state index in [0.717, 1.165) is 12.1 Å². The van der Waals surface area contributed by atoms with Crippen LogP contribution in [0.4, 0.5) is 23.7 Å². The van der Waals surface area contributed by atoms with Crippen LogP contribution in [0.1, 0.15) is 49.6 Å². The van der Waals surface area contributed by atoms with Crippen LogP contribution in [0.3, 0.4) is 0 Å². The quantitative estimate of drug-likeness (QED) is 0.619. The number of carbonyl (C=O) groups excluding carboxylic acids is 2. The summed E-state index contributed by atoms with van der Waals surface area (Å²) < 4.78 is 43.4. The van der Waals surface area contributed by atoms with E-state index in [1.54, 1.807) is 0 Å². The van der Waals surface area contributed by atoms with Crippen LogP contribution in [0, 0.1) is 11.8 Å². The summed E-state index contributed by atoms with van der Waals surface area (Å²) in [7, 11) is 0. The smallest absolute Gasteiger partial charge is 0.416 e. The first-order valence-corrected chi connectivity index (χ1v) is 9.91. The molecule has 10 heteroatoms. The molecular formula is C21H27F3N4O3. The molecule has 3 amide bonds. The third-order valence-electron chi connectivity index (χ3n) is 4.12. The van der Waals surface area contributed by atoms with Crippen LogP contribution in [-0.2, 0) is 12.7 Å². The minimum atomic E-state index is -4.45. The third kappa shape index (κ3) is 7.62. The number of nitrogens with one attached hydrogen (secondary N) is 2. The van der Waals surface area contributed by atoms with Crippen molar-refractivity contribution in [1.82, 2.24) is 15.2 Å². The first-order valence-electron chi connectivity index (χ1n) is 9.91. The average Bonchev–Trinajstić information content (AvgIpc) is 3.13. The molecule has 31 heavy (non-hydrogen) atoms. The summed E-state index contributed by atoms with van der Waals surface area (Å²) in [5.74, 6) is 0.208. The zero-order chi connectivity index (χ0) is 23.2. The van der Waals surface area contributed by atoms with Crippen molar-refractivity contribution in [1.29, 1.82) is 0 Å². The summed E-state index contributed by atoms with van der Waals surface area (Å²) in [5.41, 5.74) is -0.455. The number of halogens is 3. The Bertz CT molecular complexity index is 877. The molecule has 7 nitrogen and oxygen atoms in total. The Morgan fingerprint density at radius 2 is 1.74 bits per heavy atom. The number of rotatable bonds is 8. The molecule has 1 heterocycles. The minimum absolute atomic E-state index is 0.00209. The summed E-state index contributed by atoms with van der Waals surface area (Å²) >= 11 is 0. The molecule has 0 aliphatic carbocycles. The Kier molecular flexibility index (Phi) is 8.07. The van der Waals surface area contributed by atoms with Gasteiger partial charge in [0.1, 0.15) is 6.26 Å². The molecule has 0 radical (unpaired) electrons. The van der Waals surface area contributed by atoms with Crippen molar-refractivity contribution < 1.29 is 27.2 Å². The number of urea groups is 1. The highest BCUT2D eigenvalue weighted by Gasteiger charge is 2.30. The maximum absolute atomic E-state index is 12.7. The number of hydrogen-bond acceptors (Lipinski definition) is 4. The van der Waals surface area contributed by atoms with Crippen molar-refractivity contribution in [2.24, 2.45) is 11.8 Å². The fourth-order valence-electron chi connectivity index (χ4n) is 2.64. The average molecular weight is 440 g/mol. The van der Waals surface area contributed by atoms with Gasteiger partial charge in [-0.1, -0.05) is 27.7 Å². The molecule has 0 aliphatic heterocycles. The Morgan fingerprint density at radius 1 is 1.10 bits per heavy atom. The van der Waals surface area contributed by atoms with E-state index >= 15 is 0 Å². The fourth-order valence-corrected chi connectivity index (χ4v) is 2.64. The number of nitrogens with zero attached hydrogens (tertiary/aromatic N) is 2. The highest BCUT2D eigenvalue weighted by molar-refractivity contribution is 5.92. The van der Waals surface area contributed by atoms with Crippen LogP contribution in [0.25, 0.3) is 0 Å². The summed E-state index contributed by atoms with van der Waals surface area (Å²) in [5, 5.41) is 5.31. The molecule has 1 aromatic heterocycles. The van der Waals surface area contributed by atoms with Crippen molar-refractivity contribution in [3.63, 3.8) is 0 Å². The topological polar surface area (TPSA) is 87.5 Å². The molecule has 0 saturated carbocycles. The van der Waals surface area contributed by atoms with Crippen molar-refractivity contribution in [3.05, 3.63) is 47.7 Å². The first-order chi connectivity index (χ1) is 14.5. The van der Waals surface area contributed by atoms with E-state index in [1.807, 2.05) is 27.7 Å². The van der Waals surface area contributed by atoms with Crippen LogP contribution in [-0.4, -0.2) is 34.9 Å². The summed E-state index contributed by atoms with van der Waals surface area (Å²) in [6.45, 7) is 8.61. The number of aromatic nitrogens is 1. The maximum atomic E-state index is 12.7. The van der Waals surface area contributed by atoms with Crippen molar-refractivity contribution in [3.8, 4) is 0 Å². The molecule has 170 valence electrons. The number of carbonyl (C=O) groups is 2. The first kappa shape index (κ1) is 24.2. The van der Waals surface area contributed by atoms with Crippen LogP contribution >= 0.6 is 0 Å². The van der Waals surface area contributed by atoms with Gasteiger partial charge in [-0.05, 0) is 36.1 Å². The Morgan fingerprint density at radius 3 is 2.29 bits per heavy atom. The van der Waals surface area contributed by atoms with E-state index in [4.69, 9.17) is 4.42 Å². The fraction of sp³-hybridized carbons (Fsp3) is 0.476. The van der Waals surface area contributed by atoms with Gasteiger partial charge in [0, 0.05) is 18.8 Å². The molecule has 0 spiro atoms. The largest absolute Gasteiger partial charge is 0.446 e. The van der Waals surface area contributed by atoms with Crippen LogP contribution in [0.5, 0.6) is 0 Å². The molecule has 0 aliphatic rings. The number of hydrogen-bond donors (Lipinski definition) is 2. The van der Waals surface area contributed by atoms with Crippen LogP contribution in [0.15, 0.2) is 34.9 Å². The van der Waals surface area contributed by atoms with Gasteiger partial charge in [-0.25, -0.2) is 9.78 Å². The molecule has 0 fully saturated rings. The Labute approximate surface area is 179 Å². The van der Waals surface area contributed by atoms with Gasteiger partial charge in [-0.2, -0.15) is 13.2 Å². The Hall–Kier alpha value is -3.04. The van der Waals surface area contributed by atoms with E-state index in [0.29, 0.717) is 13.1 Å². The summed E-state index contributed by atoms with van der Waals surface area (Å²) in [6.07, 6.45) is -3.22. The molecule has 0 saturated heterocycles. The van der Waals surface area contributed by atoms with Gasteiger partial charge < -0.3 is 20.0 Å². The number of benzene rings is 1. The second kappa shape index (κ2) is 10.3. The maximum Gasteiger partial charge on any atom is 0.416 e. The second-order valence-corrected chi connectivity index (χ2v) is 8.01. The minimum Gasteiger partial charge on any atom is -0.446 e. The number of amides is 3. The van der Waals surface area contributed by atoms with E-state index in [9.17, 15) is 22.8 Å². The van der Waals surface area contributed by atoms with Crippen molar-refractivity contribution >= 4 is 17.6 Å². The molecule has 0 atom stereocenters. The zero-order valence-electron chi connectivity index (χ0n) is 17.9. The lowest BCUT2D eigenvalue weighted by Gasteiger charge is -2.23. The van der Waals surface area contributed by atoms with E-state index < -0.39 is 17.8 Å². The van der Waals surface area contributed by atoms with Gasteiger partial charge >= 0.3 is 12.2 Å². The second-order valence-electron chi connectivity index (χ2n) is 8.01. The van der Waals surface area contributed by atoms with E-state index in [1.165, 1.54) is 23.3 Å². The molecule has 2 rings (SSSR count). The predicted molar refractivity (Wildman–Crippen MR) is 109 cm³/mol. The van der Waals surface area contributed by atoms with Crippen molar-refractivity contribution in [2.75, 3.05) is 18.4 Å². The van der Waals surface area contributed by atoms with Gasteiger partial charge in [0.05, 0.1) is 12.1 Å². The summed E-state index contributed by atoms with van der Waals surface area (Å²) in [4.78, 5) is 30.3. The molecule has 0 unspecified atom stereocenters. The molecule has 2 aromatic rings. The van der Waals surface area contributed by atoms with E-state index in [-0.39, 0.29) is 41.6 Å². The Balaban J connectivity index is 2.06. The van der Waals surface area contributed by atoms with Crippen LogP contribution < -0.4 is 10.6 Å². The molecule has 0 bridgehead atoms. The van der Waals surface area contributed by atoms with Gasteiger partial charge in [-0.15, -0.1) is 0 Å². The zero-order valence-corrected chi connectivity index (χ0v) is 17.9. The van der Waals surface area contributed by atoms with Gasteiger partial charge in [0.25, 0.3) is 5.91 Å². The van der Waals surface area contributed by atoms with Gasteiger partial charge in [0.15, 0.2) is 5.69 Å². The normalized spacial score (nSPS) is 11.6. The molecule has 2 N–H and O–H groups in total. The SMILES string of the molecule is CC(C)CNC(=O)c1coc(CN(CC(C)C)C(=O)Nc2ccc(C(F)(F)F)cc2)n1. The van der Waals surface area contributed by atoms with Gasteiger partial charge in [-0.3, -0.25) is 4.79 Å². The number of anilines is 1. The highest BCUT2D eigenvalue weighted by Crippen LogP contribution is 2.29. The lowest BCUT2D eigenvalue weighted by Crippen LogP contribution is -2.37. The molecule has 1 aromatic carbocycles. The molecular weight excluding hydrogens is 413 g/mol. The van der Waals surface area contributed by atoms with Gasteiger partial charge in [0.2, 0.25) is 5.89 Å². The van der Waals surface area contributed by atoms with Crippen LogP contribution in [0.2, 0.25) is 0 Å². The third-order valence-corrected chi connectivity index (χ3v) is 4.12. The lowest BCUT2D eigenvalue weighted by atomic mass is 10.2. The summed E-state index contributed by atoms with van der Waals surface area (Å²) in [6, 6.07) is 3.67. The number of oxazole rings is 1. The van der Waals surface area contributed by atoms with E-state index in [2.05, 4.69) is 15.6 Å². The lowest BCUT2D eigenvalue weighted by molar-refractivity contribution is -0.137. The standard InChI is InChI=1S/C21H27F3N4O3/c1-13(2)9-25-19(29)17-12-31-18(27-17)11-28(10-14(3)4)20(30)26-16-7-5-15(6-8-16)21(22,23)24/h5-8,12-14H,9-11H2,1-4H3,(H,25,29)(H,26,30).